The Bertz CT molecular complexity index is 1680. The van der Waals surface area contributed by atoms with E-state index in [1.807, 2.05) is 32.0 Å². The average molecular weight is 540 g/mol. The molecule has 0 unspecified atom stereocenters. The van der Waals surface area contributed by atoms with E-state index >= 15 is 0 Å². The highest BCUT2D eigenvalue weighted by Gasteiger charge is 2.25. The lowest BCUT2D eigenvalue weighted by molar-refractivity contribution is 0.0112. The van der Waals surface area contributed by atoms with E-state index in [0.29, 0.717) is 35.1 Å². The summed E-state index contributed by atoms with van der Waals surface area (Å²) in [4.78, 5) is 26.9. The van der Waals surface area contributed by atoms with Crippen molar-refractivity contribution in [2.75, 3.05) is 30.4 Å². The number of nitrogens with one attached hydrogen (secondary N) is 2. The van der Waals surface area contributed by atoms with E-state index in [1.54, 1.807) is 36.5 Å². The number of nitrogens with zero attached hydrogens (tertiary/aromatic N) is 5. The maximum absolute atomic E-state index is 13.1. The van der Waals surface area contributed by atoms with Crippen molar-refractivity contribution in [2.45, 2.75) is 31.8 Å². The molecule has 0 aliphatic carbocycles. The Morgan fingerprint density at radius 3 is 2.85 bits per heavy atom. The van der Waals surface area contributed by atoms with Crippen molar-refractivity contribution in [3.8, 4) is 28.6 Å². The number of anilines is 2. The predicted molar refractivity (Wildman–Crippen MR) is 149 cm³/mol. The molecule has 2 aromatic rings. The Balaban J connectivity index is 1.35. The smallest absolute Gasteiger partial charge is 0.255 e. The molecule has 39 heavy (non-hydrogen) atoms. The minimum absolute atomic E-state index is 0.106. The van der Waals surface area contributed by atoms with Crippen LogP contribution in [-0.4, -0.2) is 46.2 Å². The van der Waals surface area contributed by atoms with Crippen LogP contribution < -0.4 is 16.3 Å². The van der Waals surface area contributed by atoms with Gasteiger partial charge < -0.3 is 19.9 Å². The van der Waals surface area contributed by atoms with Crippen LogP contribution in [-0.2, 0) is 16.7 Å². The number of halogens is 1. The van der Waals surface area contributed by atoms with Crippen molar-refractivity contribution in [3.63, 3.8) is 0 Å². The Hall–Kier alpha value is -4.26. The topological polar surface area (TPSA) is 117 Å². The van der Waals surface area contributed by atoms with Gasteiger partial charge in [-0.15, -0.1) is 0 Å². The van der Waals surface area contributed by atoms with Crippen LogP contribution in [0.15, 0.2) is 59.7 Å². The molecule has 0 saturated carbocycles. The molecule has 1 fully saturated rings. The third-order valence-electron chi connectivity index (χ3n) is 7.05. The number of carbonyl (C=O) groups excluding carboxylic acids is 1. The number of nitriles is 1. The first-order valence-corrected chi connectivity index (χ1v) is 13.1. The van der Waals surface area contributed by atoms with E-state index < -0.39 is 5.41 Å². The summed E-state index contributed by atoms with van der Waals surface area (Å²) in [5, 5.41) is 16.5. The maximum Gasteiger partial charge on any atom is 0.255 e. The van der Waals surface area contributed by atoms with Crippen LogP contribution >= 0.6 is 11.6 Å². The van der Waals surface area contributed by atoms with Gasteiger partial charge in [0.2, 0.25) is 5.62 Å². The first kappa shape index (κ1) is 25.0. The molecule has 6 rings (SSSR count). The van der Waals surface area contributed by atoms with E-state index in [2.05, 4.69) is 31.2 Å². The van der Waals surface area contributed by atoms with Crippen LogP contribution in [0, 0.1) is 11.3 Å². The van der Waals surface area contributed by atoms with Gasteiger partial charge in [0.15, 0.2) is 0 Å². The fourth-order valence-electron chi connectivity index (χ4n) is 4.72. The Labute approximate surface area is 230 Å². The van der Waals surface area contributed by atoms with Crippen LogP contribution in [0.4, 0.5) is 11.5 Å². The molecule has 0 bridgehead atoms. The summed E-state index contributed by atoms with van der Waals surface area (Å²) in [5.74, 6) is 1.43. The van der Waals surface area contributed by atoms with Crippen molar-refractivity contribution in [2.24, 2.45) is 4.99 Å². The molecule has 4 aliphatic heterocycles. The molecule has 196 valence electrons. The Morgan fingerprint density at radius 1 is 1.23 bits per heavy atom. The number of hydrogen-bond acceptors (Lipinski definition) is 7. The van der Waals surface area contributed by atoms with Gasteiger partial charge in [-0.25, -0.2) is 9.98 Å². The van der Waals surface area contributed by atoms with Gasteiger partial charge in [-0.2, -0.15) is 10.2 Å². The number of carbonyl (C=O) groups is 1. The van der Waals surface area contributed by atoms with Crippen molar-refractivity contribution in [1.82, 2.24) is 14.5 Å². The summed E-state index contributed by atoms with van der Waals surface area (Å²) in [5.41, 5.74) is 4.14. The van der Waals surface area contributed by atoms with Crippen LogP contribution in [0.2, 0.25) is 5.02 Å². The molecular formula is C29H26ClN7O2. The SMILES string of the molecule is CC(C)(C#N)c1cccc(C(=O)Nc2ccc(Cl)c(-c3cc4cnc(=NC5COC5)nc-4n4c3NCC4)c2)c1. The minimum Gasteiger partial charge on any atom is -0.377 e. The lowest BCUT2D eigenvalue weighted by atomic mass is 9.85. The lowest BCUT2D eigenvalue weighted by Gasteiger charge is -2.21. The van der Waals surface area contributed by atoms with Gasteiger partial charge in [-0.3, -0.25) is 4.79 Å². The molecule has 0 radical (unpaired) electrons. The van der Waals surface area contributed by atoms with Gasteiger partial charge in [-0.1, -0.05) is 23.7 Å². The molecule has 9 nitrogen and oxygen atoms in total. The van der Waals surface area contributed by atoms with Gasteiger partial charge in [0, 0.05) is 52.3 Å². The summed E-state index contributed by atoms with van der Waals surface area (Å²) in [6.07, 6.45) is 1.78. The summed E-state index contributed by atoms with van der Waals surface area (Å²) in [6.45, 7) is 6.35. The number of rotatable bonds is 5. The molecule has 2 N–H and O–H groups in total. The number of ether oxygens (including phenoxy) is 1. The highest BCUT2D eigenvalue weighted by Crippen LogP contribution is 2.40. The fraction of sp³-hybridized carbons (Fsp3) is 0.276. The van der Waals surface area contributed by atoms with E-state index in [-0.39, 0.29) is 11.9 Å². The minimum atomic E-state index is -0.699. The molecule has 0 atom stereocenters. The molecule has 1 amide bonds. The van der Waals surface area contributed by atoms with E-state index in [4.69, 9.17) is 21.3 Å². The zero-order valence-electron chi connectivity index (χ0n) is 21.5. The molecule has 2 aromatic carbocycles. The summed E-state index contributed by atoms with van der Waals surface area (Å²) in [7, 11) is 0. The molecule has 0 aromatic heterocycles. The van der Waals surface area contributed by atoms with Gasteiger partial charge >= 0.3 is 0 Å². The quantitative estimate of drug-likeness (QED) is 0.386. The third kappa shape index (κ3) is 4.73. The first-order valence-electron chi connectivity index (χ1n) is 12.7. The normalized spacial score (nSPS) is 15.4. The highest BCUT2D eigenvalue weighted by atomic mass is 35.5. The number of pyridine rings is 1. The maximum atomic E-state index is 13.1. The number of hydrogen-bond donors (Lipinski definition) is 2. The Kier molecular flexibility index (Phi) is 6.29. The molecule has 0 spiro atoms. The molecule has 4 aliphatic rings. The Morgan fingerprint density at radius 2 is 2.08 bits per heavy atom. The van der Waals surface area contributed by atoms with Gasteiger partial charge in [0.1, 0.15) is 17.7 Å². The van der Waals surface area contributed by atoms with Gasteiger partial charge in [0.25, 0.3) is 5.91 Å². The van der Waals surface area contributed by atoms with Gasteiger partial charge in [0.05, 0.1) is 24.7 Å². The number of aromatic nitrogens is 3. The van der Waals surface area contributed by atoms with Crippen molar-refractivity contribution >= 4 is 29.0 Å². The van der Waals surface area contributed by atoms with Crippen LogP contribution in [0.5, 0.6) is 0 Å². The van der Waals surface area contributed by atoms with Crippen LogP contribution in [0.3, 0.4) is 0 Å². The van der Waals surface area contributed by atoms with E-state index in [0.717, 1.165) is 47.0 Å². The number of fused-ring (bicyclic) bond motifs is 3. The fourth-order valence-corrected chi connectivity index (χ4v) is 4.94. The first-order chi connectivity index (χ1) is 18.8. The predicted octanol–water partition coefficient (Wildman–Crippen LogP) is 4.48. The zero-order chi connectivity index (χ0) is 27.1. The summed E-state index contributed by atoms with van der Waals surface area (Å²) < 4.78 is 7.33. The highest BCUT2D eigenvalue weighted by molar-refractivity contribution is 6.33. The molecular weight excluding hydrogens is 514 g/mol. The second-order valence-electron chi connectivity index (χ2n) is 10.2. The molecule has 10 heteroatoms. The standard InChI is InChI=1S/C29H26ClN7O2/c1-29(2,16-31)19-5-3-4-17(10-19)27(38)34-20-6-7-24(30)22(12-20)23-11-18-13-33-28(35-21-14-39-15-21)36-25(18)37-9-8-32-26(23)37/h3-7,10-13,21,32H,8-9,14-15H2,1-2H3,(H,34,38). The molecule has 1 saturated heterocycles. The number of benzene rings is 2. The monoisotopic (exact) mass is 539 g/mol. The lowest BCUT2D eigenvalue weighted by Crippen LogP contribution is -2.34. The largest absolute Gasteiger partial charge is 0.377 e. The average Bonchev–Trinajstić information content (AvgIpc) is 3.42. The zero-order valence-corrected chi connectivity index (χ0v) is 22.3. The summed E-state index contributed by atoms with van der Waals surface area (Å²) in [6, 6.07) is 16.9. The number of amides is 1. The van der Waals surface area contributed by atoms with Crippen LogP contribution in [0.1, 0.15) is 29.8 Å². The molecule has 4 heterocycles. The summed E-state index contributed by atoms with van der Waals surface area (Å²) >= 11 is 6.69. The third-order valence-corrected chi connectivity index (χ3v) is 7.38. The second kappa shape index (κ2) is 9.80. The van der Waals surface area contributed by atoms with E-state index in [9.17, 15) is 10.1 Å². The van der Waals surface area contributed by atoms with Gasteiger partial charge in [-0.05, 0) is 55.8 Å². The van der Waals surface area contributed by atoms with Crippen molar-refractivity contribution < 1.29 is 9.53 Å². The van der Waals surface area contributed by atoms with Crippen molar-refractivity contribution in [1.29, 1.82) is 5.26 Å². The second-order valence-corrected chi connectivity index (χ2v) is 10.6. The van der Waals surface area contributed by atoms with E-state index in [1.165, 1.54) is 0 Å². The van der Waals surface area contributed by atoms with Crippen LogP contribution in [0.25, 0.3) is 22.5 Å². The van der Waals surface area contributed by atoms with Crippen molar-refractivity contribution in [3.05, 3.63) is 76.5 Å².